The molecule has 1 N–H and O–H groups in total. The van der Waals surface area contributed by atoms with Gasteiger partial charge in [-0.15, -0.1) is 0 Å². The van der Waals surface area contributed by atoms with Crippen LogP contribution in [0.4, 0.5) is 10.2 Å². The maximum absolute atomic E-state index is 13.4. The van der Waals surface area contributed by atoms with Crippen molar-refractivity contribution in [3.8, 4) is 11.5 Å². The number of hydrogen-bond donors (Lipinski definition) is 1. The van der Waals surface area contributed by atoms with Crippen LogP contribution in [-0.4, -0.2) is 31.4 Å². The van der Waals surface area contributed by atoms with Crippen molar-refractivity contribution < 1.29 is 13.9 Å². The Kier molecular flexibility index (Phi) is 4.94. The van der Waals surface area contributed by atoms with E-state index in [0.717, 1.165) is 66.4 Å². The molecule has 0 atom stereocenters. The molecule has 0 spiro atoms. The summed E-state index contributed by atoms with van der Waals surface area (Å²) < 4.78 is 24.4. The quantitative estimate of drug-likeness (QED) is 0.641. The minimum Gasteiger partial charge on any atom is -0.454 e. The third kappa shape index (κ3) is 3.85. The van der Waals surface area contributed by atoms with E-state index in [1.54, 1.807) is 12.1 Å². The predicted octanol–water partition coefficient (Wildman–Crippen LogP) is 4.04. The number of anilines is 1. The number of nitrogens with one attached hydrogen (secondary N) is 1. The molecule has 2 aromatic carbocycles. The first kappa shape index (κ1) is 18.2. The minimum absolute atomic E-state index is 0.184. The van der Waals surface area contributed by atoms with Crippen LogP contribution in [0.2, 0.25) is 0 Å². The van der Waals surface area contributed by atoms with Gasteiger partial charge < -0.3 is 19.7 Å². The van der Waals surface area contributed by atoms with Gasteiger partial charge in [-0.1, -0.05) is 12.1 Å². The third-order valence-electron chi connectivity index (χ3n) is 5.57. The Balaban J connectivity index is 1.37. The number of hydrogen-bond acceptors (Lipinski definition) is 5. The van der Waals surface area contributed by atoms with Crippen LogP contribution in [0.15, 0.2) is 42.5 Å². The van der Waals surface area contributed by atoms with Crippen molar-refractivity contribution in [1.82, 2.24) is 10.3 Å². The Morgan fingerprint density at radius 2 is 1.86 bits per heavy atom. The second-order valence-corrected chi connectivity index (χ2v) is 7.62. The number of fused-ring (bicyclic) bond motifs is 2. The zero-order valence-corrected chi connectivity index (χ0v) is 16.3. The molecule has 150 valence electrons. The van der Waals surface area contributed by atoms with E-state index in [1.807, 2.05) is 18.2 Å². The summed E-state index contributed by atoms with van der Waals surface area (Å²) in [5.74, 6) is 2.40. The Morgan fingerprint density at radius 1 is 1.03 bits per heavy atom. The lowest BCUT2D eigenvalue weighted by Gasteiger charge is -2.21. The fourth-order valence-electron chi connectivity index (χ4n) is 4.08. The van der Waals surface area contributed by atoms with Crippen LogP contribution in [-0.2, 0) is 13.0 Å². The van der Waals surface area contributed by atoms with Gasteiger partial charge in [0.25, 0.3) is 0 Å². The van der Waals surface area contributed by atoms with Crippen LogP contribution >= 0.6 is 0 Å². The van der Waals surface area contributed by atoms with Crippen LogP contribution in [0.25, 0.3) is 10.9 Å². The van der Waals surface area contributed by atoms with Gasteiger partial charge in [0.05, 0.1) is 5.52 Å². The predicted molar refractivity (Wildman–Crippen MR) is 111 cm³/mol. The standard InChI is InChI=1S/C23H24FN3O2/c24-19-5-3-4-16(10-19)6-7-25-14-18-11-17-12-21-22(29-15-28-21)13-20(17)26-23(18)27-8-1-2-9-27/h3-5,10-13,25H,1-2,6-9,14-15H2. The number of aromatic nitrogens is 1. The molecule has 3 heterocycles. The van der Waals surface area contributed by atoms with Crippen LogP contribution in [0.5, 0.6) is 11.5 Å². The Hall–Kier alpha value is -2.86. The largest absolute Gasteiger partial charge is 0.454 e. The SMILES string of the molecule is Fc1cccc(CCNCc2cc3cc4c(cc3nc2N2CCCC2)OCO4)c1. The van der Waals surface area contributed by atoms with Crippen molar-refractivity contribution in [2.45, 2.75) is 25.8 Å². The maximum Gasteiger partial charge on any atom is 0.231 e. The molecule has 3 aromatic rings. The van der Waals surface area contributed by atoms with Gasteiger partial charge in [0.2, 0.25) is 6.79 Å². The zero-order valence-electron chi connectivity index (χ0n) is 16.3. The maximum atomic E-state index is 13.4. The van der Waals surface area contributed by atoms with E-state index >= 15 is 0 Å². The van der Waals surface area contributed by atoms with E-state index in [4.69, 9.17) is 14.5 Å². The van der Waals surface area contributed by atoms with E-state index in [1.165, 1.54) is 24.5 Å². The zero-order chi connectivity index (χ0) is 19.6. The lowest BCUT2D eigenvalue weighted by Crippen LogP contribution is -2.24. The summed E-state index contributed by atoms with van der Waals surface area (Å²) in [5.41, 5.74) is 3.11. The average Bonchev–Trinajstić information content (AvgIpc) is 3.40. The van der Waals surface area contributed by atoms with Crippen LogP contribution in [0.1, 0.15) is 24.0 Å². The molecule has 5 rings (SSSR count). The third-order valence-corrected chi connectivity index (χ3v) is 5.57. The summed E-state index contributed by atoms with van der Waals surface area (Å²) in [5, 5.41) is 4.56. The molecule has 1 aromatic heterocycles. The molecule has 0 saturated carbocycles. The molecule has 2 aliphatic rings. The molecule has 29 heavy (non-hydrogen) atoms. The molecule has 2 aliphatic heterocycles. The highest BCUT2D eigenvalue weighted by molar-refractivity contribution is 5.85. The molecule has 0 radical (unpaired) electrons. The van der Waals surface area contributed by atoms with E-state index < -0.39 is 0 Å². The molecule has 0 aliphatic carbocycles. The number of halogens is 1. The summed E-state index contributed by atoms with van der Waals surface area (Å²) in [4.78, 5) is 7.35. The van der Waals surface area contributed by atoms with Gasteiger partial charge in [-0.25, -0.2) is 9.37 Å². The number of pyridine rings is 1. The topological polar surface area (TPSA) is 46.6 Å². The highest BCUT2D eigenvalue weighted by Crippen LogP contribution is 2.37. The molecule has 1 fully saturated rings. The van der Waals surface area contributed by atoms with Gasteiger partial charge in [0.1, 0.15) is 11.6 Å². The molecule has 0 unspecified atom stereocenters. The first-order valence-corrected chi connectivity index (χ1v) is 10.2. The number of benzene rings is 2. The molecule has 0 bridgehead atoms. The summed E-state index contributed by atoms with van der Waals surface area (Å²) in [6.07, 6.45) is 3.19. The van der Waals surface area contributed by atoms with E-state index in [-0.39, 0.29) is 12.6 Å². The Morgan fingerprint density at radius 3 is 2.69 bits per heavy atom. The first-order valence-electron chi connectivity index (χ1n) is 10.2. The van der Waals surface area contributed by atoms with Crippen molar-refractivity contribution in [3.63, 3.8) is 0 Å². The molecule has 1 saturated heterocycles. The normalized spacial score (nSPS) is 15.4. The Labute approximate surface area is 169 Å². The van der Waals surface area contributed by atoms with Crippen LogP contribution < -0.4 is 19.7 Å². The second kappa shape index (κ2) is 7.87. The van der Waals surface area contributed by atoms with Crippen molar-refractivity contribution in [1.29, 1.82) is 0 Å². The second-order valence-electron chi connectivity index (χ2n) is 7.62. The van der Waals surface area contributed by atoms with Gasteiger partial charge in [0.15, 0.2) is 11.5 Å². The highest BCUT2D eigenvalue weighted by Gasteiger charge is 2.20. The average molecular weight is 393 g/mol. The minimum atomic E-state index is -0.184. The van der Waals surface area contributed by atoms with Crippen molar-refractivity contribution in [2.24, 2.45) is 0 Å². The lowest BCUT2D eigenvalue weighted by molar-refractivity contribution is 0.174. The van der Waals surface area contributed by atoms with Crippen molar-refractivity contribution >= 4 is 16.7 Å². The number of nitrogens with zero attached hydrogens (tertiary/aromatic N) is 2. The van der Waals surface area contributed by atoms with Gasteiger partial charge in [-0.3, -0.25) is 0 Å². The molecular weight excluding hydrogens is 369 g/mol. The fourth-order valence-corrected chi connectivity index (χ4v) is 4.08. The van der Waals surface area contributed by atoms with Gasteiger partial charge >= 0.3 is 0 Å². The molecule has 0 amide bonds. The van der Waals surface area contributed by atoms with Crippen molar-refractivity contribution in [3.05, 3.63) is 59.4 Å². The van der Waals surface area contributed by atoms with Gasteiger partial charge in [-0.2, -0.15) is 0 Å². The summed E-state index contributed by atoms with van der Waals surface area (Å²) in [6.45, 7) is 3.85. The highest BCUT2D eigenvalue weighted by atomic mass is 19.1. The molecular formula is C23H24FN3O2. The molecule has 5 nitrogen and oxygen atoms in total. The fraction of sp³-hybridized carbons (Fsp3) is 0.348. The van der Waals surface area contributed by atoms with Gasteiger partial charge in [-0.05, 0) is 55.6 Å². The summed E-state index contributed by atoms with van der Waals surface area (Å²) in [7, 11) is 0. The summed E-state index contributed by atoms with van der Waals surface area (Å²) in [6, 6.07) is 13.0. The van der Waals surface area contributed by atoms with Crippen molar-refractivity contribution in [2.75, 3.05) is 31.3 Å². The molecule has 6 heteroatoms. The van der Waals surface area contributed by atoms with E-state index in [0.29, 0.717) is 0 Å². The van der Waals surface area contributed by atoms with Crippen LogP contribution in [0, 0.1) is 5.82 Å². The monoisotopic (exact) mass is 393 g/mol. The van der Waals surface area contributed by atoms with E-state index in [9.17, 15) is 4.39 Å². The van der Waals surface area contributed by atoms with E-state index in [2.05, 4.69) is 16.3 Å². The van der Waals surface area contributed by atoms with Gasteiger partial charge in [0, 0.05) is 36.7 Å². The smallest absolute Gasteiger partial charge is 0.231 e. The Bertz CT molecular complexity index is 1030. The number of ether oxygens (including phenoxy) is 2. The first-order chi connectivity index (χ1) is 14.3. The summed E-state index contributed by atoms with van der Waals surface area (Å²) >= 11 is 0. The lowest BCUT2D eigenvalue weighted by atomic mass is 10.1. The van der Waals surface area contributed by atoms with Crippen LogP contribution in [0.3, 0.4) is 0 Å². The number of rotatable bonds is 6.